The van der Waals surface area contributed by atoms with Gasteiger partial charge >= 0.3 is 0 Å². The summed E-state index contributed by atoms with van der Waals surface area (Å²) < 4.78 is 0. The van der Waals surface area contributed by atoms with Crippen molar-refractivity contribution in [2.75, 3.05) is 0 Å². The van der Waals surface area contributed by atoms with Crippen molar-refractivity contribution >= 4 is 6.41 Å². The molecule has 2 fully saturated rings. The molecule has 1 aliphatic heterocycles. The molecule has 1 amide bonds. The van der Waals surface area contributed by atoms with E-state index in [1.165, 1.54) is 38.5 Å². The van der Waals surface area contributed by atoms with Crippen LogP contribution in [0.2, 0.25) is 0 Å². The first kappa shape index (κ1) is 12.8. The Kier molecular flexibility index (Phi) is 4.80. The molecular weight excluding hydrogens is 216 g/mol. The molecule has 1 saturated carbocycles. The molecule has 17 heavy (non-hydrogen) atoms. The molecule has 0 aromatic carbocycles. The van der Waals surface area contributed by atoms with E-state index in [1.54, 1.807) is 10.2 Å². The summed E-state index contributed by atoms with van der Waals surface area (Å²) in [6.45, 7) is 2.20. The van der Waals surface area contributed by atoms with Crippen LogP contribution in [0.3, 0.4) is 0 Å². The van der Waals surface area contributed by atoms with Crippen LogP contribution in [-0.4, -0.2) is 28.9 Å². The first-order chi connectivity index (χ1) is 8.36. The summed E-state index contributed by atoms with van der Waals surface area (Å²) in [6, 6.07) is 0. The van der Waals surface area contributed by atoms with Gasteiger partial charge in [0.1, 0.15) is 6.17 Å². The fraction of sp³-hybridized carbons (Fsp3) is 0.923. The van der Waals surface area contributed by atoms with E-state index >= 15 is 0 Å². The second kappa shape index (κ2) is 6.36. The maximum atomic E-state index is 10.9. The number of amides is 1. The highest BCUT2D eigenvalue weighted by Gasteiger charge is 2.46. The van der Waals surface area contributed by atoms with E-state index in [4.69, 9.17) is 4.84 Å². The van der Waals surface area contributed by atoms with Crippen molar-refractivity contribution in [1.82, 2.24) is 10.2 Å². The van der Waals surface area contributed by atoms with Crippen LogP contribution in [-0.2, 0) is 9.63 Å². The zero-order valence-electron chi connectivity index (χ0n) is 10.8. The zero-order valence-corrected chi connectivity index (χ0v) is 10.8. The van der Waals surface area contributed by atoms with E-state index in [9.17, 15) is 4.79 Å². The summed E-state index contributed by atoms with van der Waals surface area (Å²) in [5.74, 6) is 0. The van der Waals surface area contributed by atoms with Crippen molar-refractivity contribution in [1.29, 1.82) is 0 Å². The van der Waals surface area contributed by atoms with Crippen molar-refractivity contribution < 1.29 is 9.63 Å². The lowest BCUT2D eigenvalue weighted by atomic mass is 9.98. The Bertz CT molecular complexity index is 242. The van der Waals surface area contributed by atoms with Crippen LogP contribution in [0.25, 0.3) is 0 Å². The first-order valence-corrected chi connectivity index (χ1v) is 7.06. The molecule has 4 nitrogen and oxygen atoms in total. The van der Waals surface area contributed by atoms with Crippen LogP contribution in [0.5, 0.6) is 0 Å². The average molecular weight is 240 g/mol. The number of hydroxylamine groups is 1. The molecule has 2 unspecified atom stereocenters. The van der Waals surface area contributed by atoms with E-state index in [0.29, 0.717) is 6.10 Å². The summed E-state index contributed by atoms with van der Waals surface area (Å²) in [7, 11) is 0. The Morgan fingerprint density at radius 2 is 2.00 bits per heavy atom. The highest BCUT2D eigenvalue weighted by Crippen LogP contribution is 2.33. The molecule has 0 aromatic heterocycles. The van der Waals surface area contributed by atoms with Gasteiger partial charge in [0.2, 0.25) is 6.41 Å². The van der Waals surface area contributed by atoms with Crippen LogP contribution in [0.4, 0.5) is 0 Å². The number of unbranched alkanes of at least 4 members (excludes halogenated alkanes) is 2. The van der Waals surface area contributed by atoms with Gasteiger partial charge in [-0.1, -0.05) is 44.2 Å². The molecule has 0 aromatic rings. The molecule has 0 N–H and O–H groups in total. The van der Waals surface area contributed by atoms with Gasteiger partial charge in [-0.3, -0.25) is 9.63 Å². The van der Waals surface area contributed by atoms with Crippen LogP contribution >= 0.6 is 0 Å². The highest BCUT2D eigenvalue weighted by molar-refractivity contribution is 5.49. The minimum Gasteiger partial charge on any atom is -0.277 e. The van der Waals surface area contributed by atoms with Gasteiger partial charge in [0.05, 0.1) is 6.10 Å². The number of nitrogens with zero attached hydrogens (tertiary/aromatic N) is 2. The first-order valence-electron chi connectivity index (χ1n) is 7.06. The standard InChI is InChI=1S/C13H24N2O2/c1-2-3-5-10-13-14(11-16)15(13)17-12-8-6-4-7-9-12/h11-13H,2-10H2,1H3. The molecule has 2 rings (SSSR count). The third-order valence-electron chi connectivity index (χ3n) is 3.72. The fourth-order valence-electron chi connectivity index (χ4n) is 2.59. The highest BCUT2D eigenvalue weighted by atomic mass is 16.8. The van der Waals surface area contributed by atoms with Crippen LogP contribution in [0, 0.1) is 0 Å². The van der Waals surface area contributed by atoms with Crippen molar-refractivity contribution in [2.24, 2.45) is 0 Å². The van der Waals surface area contributed by atoms with E-state index in [1.807, 2.05) is 0 Å². The lowest BCUT2D eigenvalue weighted by Crippen LogP contribution is -2.22. The maximum Gasteiger partial charge on any atom is 0.227 e. The van der Waals surface area contributed by atoms with Gasteiger partial charge in [-0.15, -0.1) is 0 Å². The van der Waals surface area contributed by atoms with Gasteiger partial charge in [0.25, 0.3) is 0 Å². The van der Waals surface area contributed by atoms with Crippen LogP contribution in [0.15, 0.2) is 0 Å². The summed E-state index contributed by atoms with van der Waals surface area (Å²) >= 11 is 0. The summed E-state index contributed by atoms with van der Waals surface area (Å²) in [6.07, 6.45) is 12.3. The Balaban J connectivity index is 1.70. The van der Waals surface area contributed by atoms with Crippen LogP contribution < -0.4 is 0 Å². The molecule has 0 radical (unpaired) electrons. The molecule has 1 aliphatic carbocycles. The Morgan fingerprint density at radius 1 is 1.24 bits per heavy atom. The molecule has 98 valence electrons. The minimum absolute atomic E-state index is 0.209. The number of carbonyl (C=O) groups excluding carboxylic acids is 1. The summed E-state index contributed by atoms with van der Waals surface area (Å²) in [5.41, 5.74) is 0. The van der Waals surface area contributed by atoms with Crippen LogP contribution in [0.1, 0.15) is 64.7 Å². The fourth-order valence-corrected chi connectivity index (χ4v) is 2.59. The van der Waals surface area contributed by atoms with Crippen molar-refractivity contribution in [2.45, 2.75) is 77.0 Å². The number of hydrazine groups is 1. The molecule has 0 bridgehead atoms. The monoisotopic (exact) mass is 240 g/mol. The summed E-state index contributed by atoms with van der Waals surface area (Å²) in [5, 5.41) is 3.48. The second-order valence-corrected chi connectivity index (χ2v) is 5.13. The predicted molar refractivity (Wildman–Crippen MR) is 65.6 cm³/mol. The zero-order chi connectivity index (χ0) is 12.1. The van der Waals surface area contributed by atoms with Gasteiger partial charge in [-0.2, -0.15) is 0 Å². The van der Waals surface area contributed by atoms with Gasteiger partial charge in [-0.25, -0.2) is 5.01 Å². The predicted octanol–water partition coefficient (Wildman–Crippen LogP) is 2.85. The molecule has 0 spiro atoms. The van der Waals surface area contributed by atoms with E-state index < -0.39 is 0 Å². The SMILES string of the molecule is CCCCCC1N(C=O)N1OC1CCCCC1. The van der Waals surface area contributed by atoms with Crippen molar-refractivity contribution in [3.05, 3.63) is 0 Å². The minimum atomic E-state index is 0.209. The second-order valence-electron chi connectivity index (χ2n) is 5.13. The van der Waals surface area contributed by atoms with Crippen molar-refractivity contribution in [3.8, 4) is 0 Å². The average Bonchev–Trinajstić information content (AvgIpc) is 3.03. The van der Waals surface area contributed by atoms with E-state index in [-0.39, 0.29) is 6.17 Å². The molecule has 2 aliphatic rings. The molecule has 4 heteroatoms. The van der Waals surface area contributed by atoms with Gasteiger partial charge in [-0.05, 0) is 25.7 Å². The largest absolute Gasteiger partial charge is 0.277 e. The smallest absolute Gasteiger partial charge is 0.227 e. The third kappa shape index (κ3) is 3.42. The topological polar surface area (TPSA) is 32.3 Å². The number of hydrogen-bond donors (Lipinski definition) is 0. The normalized spacial score (nSPS) is 29.4. The van der Waals surface area contributed by atoms with Crippen molar-refractivity contribution in [3.63, 3.8) is 0 Å². The van der Waals surface area contributed by atoms with Gasteiger partial charge < -0.3 is 0 Å². The molecule has 1 saturated heterocycles. The number of carbonyl (C=O) groups is 1. The Morgan fingerprint density at radius 3 is 2.65 bits per heavy atom. The summed E-state index contributed by atoms with van der Waals surface area (Å²) in [4.78, 5) is 16.7. The third-order valence-corrected chi connectivity index (χ3v) is 3.72. The number of hydrogen-bond acceptors (Lipinski definition) is 3. The lowest BCUT2D eigenvalue weighted by molar-refractivity contribution is -0.178. The molecule has 1 heterocycles. The number of rotatable bonds is 7. The maximum absolute atomic E-state index is 10.9. The van der Waals surface area contributed by atoms with Gasteiger partial charge in [0, 0.05) is 0 Å². The Hall–Kier alpha value is -0.610. The Labute approximate surface area is 104 Å². The lowest BCUT2D eigenvalue weighted by Gasteiger charge is -2.21. The van der Waals surface area contributed by atoms with Gasteiger partial charge in [0.15, 0.2) is 0 Å². The van der Waals surface area contributed by atoms with E-state index in [2.05, 4.69) is 6.92 Å². The quantitative estimate of drug-likeness (QED) is 0.389. The van der Waals surface area contributed by atoms with E-state index in [0.717, 1.165) is 25.7 Å². The molecule has 2 atom stereocenters. The molecular formula is C13H24N2O2.